The van der Waals surface area contributed by atoms with Crippen molar-refractivity contribution in [3.63, 3.8) is 0 Å². The van der Waals surface area contributed by atoms with Crippen LogP contribution in [0, 0.1) is 0 Å². The molecule has 0 aliphatic carbocycles. The molecule has 0 saturated heterocycles. The average Bonchev–Trinajstić information content (AvgIpc) is 3.98. The van der Waals surface area contributed by atoms with E-state index in [0.717, 1.165) is 50.3 Å². The number of nitrogens with zero attached hydrogens (tertiary/aromatic N) is 4. The van der Waals surface area contributed by atoms with Crippen molar-refractivity contribution in [3.05, 3.63) is 231 Å². The molecule has 9 aromatic carbocycles. The summed E-state index contributed by atoms with van der Waals surface area (Å²) in [6, 6.07) is 84.5. The van der Waals surface area contributed by atoms with Gasteiger partial charge >= 0.3 is 0 Å². The molecule has 0 atom stereocenters. The highest BCUT2D eigenvalue weighted by Crippen LogP contribution is 2.40. The topological polar surface area (TPSA) is 27.2 Å². The quantitative estimate of drug-likeness (QED) is 0.117. The van der Waals surface area contributed by atoms with E-state index in [9.17, 15) is 0 Å². The molecule has 12 aromatic rings. The van der Waals surface area contributed by atoms with Gasteiger partial charge in [0, 0.05) is 16.3 Å². The lowest BCUT2D eigenvalue weighted by molar-refractivity contribution is 1.09. The second kappa shape index (κ2) is 13.7. The van der Waals surface area contributed by atoms with E-state index in [1.165, 1.54) is 42.6 Å². The minimum absolute atomic E-state index is 0.893. The number of para-hydroxylation sites is 7. The van der Waals surface area contributed by atoms with Crippen molar-refractivity contribution in [1.29, 1.82) is 0 Å². The summed E-state index contributed by atoms with van der Waals surface area (Å²) >= 11 is 0. The molecule has 0 spiro atoms. The first-order valence-electron chi connectivity index (χ1n) is 20.6. The number of imidazole rings is 2. The number of hydrogen-bond donors (Lipinski definition) is 0. The second-order valence-electron chi connectivity index (χ2n) is 15.5. The third-order valence-corrected chi connectivity index (χ3v) is 17.2. The van der Waals surface area contributed by atoms with Crippen molar-refractivity contribution in [3.8, 4) is 22.5 Å². The lowest BCUT2D eigenvalue weighted by Crippen LogP contribution is -2.75. The lowest BCUT2D eigenvalue weighted by atomic mass is 10.0. The summed E-state index contributed by atoms with van der Waals surface area (Å²) in [5, 5.41) is 7.80. The molecule has 3 aromatic heterocycles. The zero-order valence-corrected chi connectivity index (χ0v) is 33.7. The summed E-state index contributed by atoms with van der Waals surface area (Å²) in [5.74, 6) is 0.893. The minimum Gasteiger partial charge on any atom is -0.307 e. The van der Waals surface area contributed by atoms with E-state index in [-0.39, 0.29) is 0 Å². The second-order valence-corrected chi connectivity index (χ2v) is 19.3. The molecule has 5 heteroatoms. The molecule has 0 fully saturated rings. The molecule has 0 amide bonds. The molecule has 0 aliphatic heterocycles. The molecule has 60 heavy (non-hydrogen) atoms. The number of benzene rings is 9. The van der Waals surface area contributed by atoms with E-state index in [0.29, 0.717) is 0 Å². The molecule has 0 unspecified atom stereocenters. The van der Waals surface area contributed by atoms with Crippen molar-refractivity contribution in [2.24, 2.45) is 0 Å². The van der Waals surface area contributed by atoms with Crippen LogP contribution in [0.4, 0.5) is 0 Å². The van der Waals surface area contributed by atoms with Crippen molar-refractivity contribution in [2.45, 2.75) is 0 Å². The Kier molecular flexibility index (Phi) is 7.83. The maximum absolute atomic E-state index is 5.30. The Morgan fingerprint density at radius 2 is 0.833 bits per heavy atom. The van der Waals surface area contributed by atoms with Crippen LogP contribution in [-0.4, -0.2) is 26.6 Å². The molecule has 4 nitrogen and oxygen atoms in total. The SMILES string of the molecule is c1ccc([Si](c2ccccc2)(c2ccccc2)c2ccccc2-c2ccccc2-n2c3ccccc3c3cccc(-n4c5ccccc5n5c6ccccc6nc45)c32)cc1. The maximum Gasteiger partial charge on any atom is 0.220 e. The molecule has 0 N–H and O–H groups in total. The fourth-order valence-electron chi connectivity index (χ4n) is 9.99. The predicted molar refractivity (Wildman–Crippen MR) is 253 cm³/mol. The van der Waals surface area contributed by atoms with E-state index in [4.69, 9.17) is 4.98 Å². The highest BCUT2D eigenvalue weighted by molar-refractivity contribution is 7.20. The number of fused-ring (bicyclic) bond motifs is 8. The van der Waals surface area contributed by atoms with Gasteiger partial charge in [-0.25, -0.2) is 4.98 Å². The maximum atomic E-state index is 5.30. The number of aromatic nitrogens is 4. The van der Waals surface area contributed by atoms with Gasteiger partial charge in [0.05, 0.1) is 44.5 Å². The van der Waals surface area contributed by atoms with Gasteiger partial charge in [0.15, 0.2) is 8.07 Å². The average molecular weight is 783 g/mol. The Labute approximate surface area is 348 Å². The molecular formula is C55H38N4Si. The van der Waals surface area contributed by atoms with Crippen molar-refractivity contribution in [1.82, 2.24) is 18.5 Å². The van der Waals surface area contributed by atoms with Gasteiger partial charge in [-0.15, -0.1) is 0 Å². The first kappa shape index (κ1) is 34.3. The Morgan fingerprint density at radius 1 is 0.333 bits per heavy atom. The van der Waals surface area contributed by atoms with E-state index < -0.39 is 8.07 Å². The summed E-state index contributed by atoms with van der Waals surface area (Å²) < 4.78 is 7.18. The van der Waals surface area contributed by atoms with Gasteiger partial charge in [0.25, 0.3) is 0 Å². The largest absolute Gasteiger partial charge is 0.307 e. The third-order valence-electron chi connectivity index (χ3n) is 12.4. The number of rotatable bonds is 7. The fourth-order valence-corrected chi connectivity index (χ4v) is 15.0. The smallest absolute Gasteiger partial charge is 0.220 e. The first-order chi connectivity index (χ1) is 29.8. The van der Waals surface area contributed by atoms with Crippen LogP contribution in [0.15, 0.2) is 231 Å². The highest BCUT2D eigenvalue weighted by Gasteiger charge is 2.43. The summed E-state index contributed by atoms with van der Waals surface area (Å²) in [5.41, 5.74) is 11.2. The molecule has 282 valence electrons. The van der Waals surface area contributed by atoms with E-state index in [2.05, 4.69) is 244 Å². The molecule has 0 aliphatic rings. The number of hydrogen-bond acceptors (Lipinski definition) is 1. The van der Waals surface area contributed by atoms with Crippen molar-refractivity contribution in [2.75, 3.05) is 0 Å². The standard InChI is InChI=1S/C55H38N4Si/c1-4-21-39(22-5-1)60(40-23-6-2-7-24-40,41-25-8-3-9-26-41)53-38-19-12-29-44(53)42-27-10-14-32-47(42)57-48-33-15-11-28-43(48)45-30-20-37-52(54(45)57)59-51-36-18-17-35-50(51)58-49-34-16-13-31-46(49)56-55(58)59/h1-38H. The van der Waals surface area contributed by atoms with Crippen LogP contribution >= 0.6 is 0 Å². The van der Waals surface area contributed by atoms with E-state index in [1.807, 2.05) is 0 Å². The van der Waals surface area contributed by atoms with Crippen LogP contribution in [0.1, 0.15) is 0 Å². The van der Waals surface area contributed by atoms with Crippen LogP contribution in [-0.2, 0) is 0 Å². The van der Waals surface area contributed by atoms with Gasteiger partial charge in [-0.1, -0.05) is 188 Å². The molecule has 3 heterocycles. The van der Waals surface area contributed by atoms with Crippen molar-refractivity contribution >= 4 is 78.5 Å². The van der Waals surface area contributed by atoms with E-state index >= 15 is 0 Å². The van der Waals surface area contributed by atoms with Gasteiger partial charge in [-0.3, -0.25) is 8.97 Å². The monoisotopic (exact) mass is 782 g/mol. The Morgan fingerprint density at radius 3 is 1.53 bits per heavy atom. The summed E-state index contributed by atoms with van der Waals surface area (Å²) in [4.78, 5) is 5.30. The molecule has 0 saturated carbocycles. The predicted octanol–water partition coefficient (Wildman–Crippen LogP) is 10.6. The summed E-state index contributed by atoms with van der Waals surface area (Å²) in [6.45, 7) is 0. The van der Waals surface area contributed by atoms with Crippen molar-refractivity contribution < 1.29 is 0 Å². The Hall–Kier alpha value is -7.73. The first-order valence-corrected chi connectivity index (χ1v) is 22.6. The zero-order valence-electron chi connectivity index (χ0n) is 32.7. The fraction of sp³-hybridized carbons (Fsp3) is 0. The normalized spacial score (nSPS) is 12.0. The molecule has 0 radical (unpaired) electrons. The van der Waals surface area contributed by atoms with Crippen LogP contribution in [0.25, 0.3) is 72.2 Å². The summed E-state index contributed by atoms with van der Waals surface area (Å²) in [6.07, 6.45) is 0. The molecular weight excluding hydrogens is 745 g/mol. The van der Waals surface area contributed by atoms with Gasteiger partial charge < -0.3 is 4.57 Å². The van der Waals surface area contributed by atoms with Gasteiger partial charge in [-0.05, 0) is 68.8 Å². The highest BCUT2D eigenvalue weighted by atomic mass is 28.3. The van der Waals surface area contributed by atoms with Crippen LogP contribution < -0.4 is 20.7 Å². The third kappa shape index (κ3) is 4.93. The Bertz CT molecular complexity index is 3450. The minimum atomic E-state index is -2.90. The van der Waals surface area contributed by atoms with Gasteiger partial charge in [-0.2, -0.15) is 0 Å². The van der Waals surface area contributed by atoms with E-state index in [1.54, 1.807) is 0 Å². The van der Waals surface area contributed by atoms with Crippen LogP contribution in [0.3, 0.4) is 0 Å². The van der Waals surface area contributed by atoms with Gasteiger partial charge in [0.1, 0.15) is 0 Å². The lowest BCUT2D eigenvalue weighted by Gasteiger charge is -2.36. The summed E-state index contributed by atoms with van der Waals surface area (Å²) in [7, 11) is -2.90. The molecule has 0 bridgehead atoms. The van der Waals surface area contributed by atoms with Gasteiger partial charge in [0.2, 0.25) is 5.78 Å². The van der Waals surface area contributed by atoms with Crippen LogP contribution in [0.2, 0.25) is 0 Å². The molecule has 12 rings (SSSR count). The van der Waals surface area contributed by atoms with Crippen LogP contribution in [0.5, 0.6) is 0 Å². The Balaban J connectivity index is 1.20. The zero-order chi connectivity index (χ0) is 39.6.